The van der Waals surface area contributed by atoms with E-state index in [0.717, 1.165) is 10.0 Å². The Morgan fingerprint density at radius 1 is 1.45 bits per heavy atom. The van der Waals surface area contributed by atoms with E-state index in [4.69, 9.17) is 0 Å². The number of carbonyl (C=O) groups is 1. The van der Waals surface area contributed by atoms with Crippen molar-refractivity contribution in [2.45, 2.75) is 19.3 Å². The van der Waals surface area contributed by atoms with Crippen LogP contribution in [0.4, 0.5) is 4.39 Å². The Morgan fingerprint density at radius 2 is 2.15 bits per heavy atom. The van der Waals surface area contributed by atoms with Crippen molar-refractivity contribution < 1.29 is 14.3 Å². The molecule has 2 rings (SSSR count). The number of nitrogens with zero attached hydrogens (tertiary/aromatic N) is 1. The minimum absolute atomic E-state index is 0.0808. The van der Waals surface area contributed by atoms with Crippen molar-refractivity contribution in [1.82, 2.24) is 4.98 Å². The number of carboxylic acid groups (broad SMARTS) is 1. The van der Waals surface area contributed by atoms with Crippen molar-refractivity contribution in [3.05, 3.63) is 63.6 Å². The summed E-state index contributed by atoms with van der Waals surface area (Å²) in [5.74, 6) is -2.26. The predicted molar refractivity (Wildman–Crippen MR) is 77.2 cm³/mol. The fraction of sp³-hybridized carbons (Fsp3) is 0.200. The van der Waals surface area contributed by atoms with E-state index in [-0.39, 0.29) is 6.42 Å². The van der Waals surface area contributed by atoms with Crippen LogP contribution >= 0.6 is 15.9 Å². The third kappa shape index (κ3) is 3.22. The lowest BCUT2D eigenvalue weighted by atomic mass is 9.93. The monoisotopic (exact) mass is 337 g/mol. The predicted octanol–water partition coefficient (Wildman–Crippen LogP) is 3.70. The minimum atomic E-state index is -1.01. The van der Waals surface area contributed by atoms with Crippen LogP contribution in [0.1, 0.15) is 22.7 Å². The SMILES string of the molecule is Cc1cc(Br)cnc1C(Cc1ccccc1F)C(=O)O. The second kappa shape index (κ2) is 6.13. The van der Waals surface area contributed by atoms with Gasteiger partial charge in [-0.05, 0) is 52.5 Å². The van der Waals surface area contributed by atoms with Crippen LogP contribution in [0.2, 0.25) is 0 Å². The molecule has 0 radical (unpaired) electrons. The molecular formula is C15H13BrFNO2. The molecule has 0 saturated heterocycles. The first kappa shape index (κ1) is 14.7. The Labute approximate surface area is 124 Å². The fourth-order valence-electron chi connectivity index (χ4n) is 2.10. The summed E-state index contributed by atoms with van der Waals surface area (Å²) in [5.41, 5.74) is 1.61. The number of rotatable bonds is 4. The summed E-state index contributed by atoms with van der Waals surface area (Å²) in [6.07, 6.45) is 1.64. The lowest BCUT2D eigenvalue weighted by Gasteiger charge is -2.15. The number of aliphatic carboxylic acids is 1. The Kier molecular flexibility index (Phi) is 4.49. The van der Waals surface area contributed by atoms with Gasteiger partial charge in [-0.1, -0.05) is 18.2 Å². The highest BCUT2D eigenvalue weighted by molar-refractivity contribution is 9.10. The van der Waals surface area contributed by atoms with E-state index in [1.165, 1.54) is 6.07 Å². The summed E-state index contributed by atoms with van der Waals surface area (Å²) in [6.45, 7) is 1.80. The van der Waals surface area contributed by atoms with Gasteiger partial charge in [-0.3, -0.25) is 9.78 Å². The molecule has 1 unspecified atom stereocenters. The maximum Gasteiger partial charge on any atom is 0.312 e. The molecule has 1 aromatic carbocycles. The minimum Gasteiger partial charge on any atom is -0.481 e. The van der Waals surface area contributed by atoms with E-state index in [9.17, 15) is 14.3 Å². The molecule has 0 saturated carbocycles. The summed E-state index contributed by atoms with van der Waals surface area (Å²) in [4.78, 5) is 15.7. The molecule has 0 aliphatic rings. The molecule has 1 aromatic heterocycles. The zero-order valence-corrected chi connectivity index (χ0v) is 12.4. The van der Waals surface area contributed by atoms with Gasteiger partial charge in [-0.15, -0.1) is 0 Å². The van der Waals surface area contributed by atoms with Gasteiger partial charge in [0.15, 0.2) is 0 Å². The average Bonchev–Trinajstić information content (AvgIpc) is 2.38. The first-order valence-electron chi connectivity index (χ1n) is 6.07. The largest absolute Gasteiger partial charge is 0.481 e. The van der Waals surface area contributed by atoms with E-state index >= 15 is 0 Å². The molecule has 20 heavy (non-hydrogen) atoms. The van der Waals surface area contributed by atoms with Crippen LogP contribution in [0.15, 0.2) is 41.0 Å². The van der Waals surface area contributed by atoms with Crippen molar-refractivity contribution >= 4 is 21.9 Å². The molecule has 0 aliphatic carbocycles. The lowest BCUT2D eigenvalue weighted by Crippen LogP contribution is -2.17. The number of pyridine rings is 1. The van der Waals surface area contributed by atoms with Gasteiger partial charge in [-0.2, -0.15) is 0 Å². The highest BCUT2D eigenvalue weighted by atomic mass is 79.9. The van der Waals surface area contributed by atoms with Crippen LogP contribution in [-0.2, 0) is 11.2 Å². The maximum absolute atomic E-state index is 13.7. The quantitative estimate of drug-likeness (QED) is 0.925. The Bertz CT molecular complexity index is 646. The first-order chi connectivity index (χ1) is 9.49. The Hall–Kier alpha value is -1.75. The molecule has 5 heteroatoms. The standard InChI is InChI=1S/C15H13BrFNO2/c1-9-6-11(16)8-18-14(9)12(15(19)20)7-10-4-2-3-5-13(10)17/h2-6,8,12H,7H2,1H3,(H,19,20). The molecular weight excluding hydrogens is 325 g/mol. The van der Waals surface area contributed by atoms with Crippen LogP contribution in [0.25, 0.3) is 0 Å². The van der Waals surface area contributed by atoms with Crippen LogP contribution in [-0.4, -0.2) is 16.1 Å². The van der Waals surface area contributed by atoms with Crippen LogP contribution in [0, 0.1) is 12.7 Å². The molecule has 3 nitrogen and oxygen atoms in total. The van der Waals surface area contributed by atoms with Crippen LogP contribution in [0.5, 0.6) is 0 Å². The molecule has 2 aromatic rings. The van der Waals surface area contributed by atoms with Gasteiger partial charge in [0.05, 0.1) is 5.69 Å². The Balaban J connectivity index is 2.37. The number of hydrogen-bond acceptors (Lipinski definition) is 2. The van der Waals surface area contributed by atoms with Crippen molar-refractivity contribution in [1.29, 1.82) is 0 Å². The molecule has 1 heterocycles. The number of hydrogen-bond donors (Lipinski definition) is 1. The number of aromatic nitrogens is 1. The van der Waals surface area contributed by atoms with E-state index in [1.807, 2.05) is 0 Å². The van der Waals surface area contributed by atoms with Gasteiger partial charge in [0.25, 0.3) is 0 Å². The normalized spacial score (nSPS) is 12.2. The zero-order chi connectivity index (χ0) is 14.7. The third-order valence-corrected chi connectivity index (χ3v) is 3.53. The van der Waals surface area contributed by atoms with Gasteiger partial charge in [0.2, 0.25) is 0 Å². The summed E-state index contributed by atoms with van der Waals surface area (Å²) < 4.78 is 14.5. The third-order valence-electron chi connectivity index (χ3n) is 3.10. The fourth-order valence-corrected chi connectivity index (χ4v) is 2.55. The number of benzene rings is 1. The smallest absolute Gasteiger partial charge is 0.312 e. The first-order valence-corrected chi connectivity index (χ1v) is 6.86. The molecule has 0 bridgehead atoms. The van der Waals surface area contributed by atoms with Gasteiger partial charge >= 0.3 is 5.97 Å². The van der Waals surface area contributed by atoms with Gasteiger partial charge < -0.3 is 5.11 Å². The van der Waals surface area contributed by atoms with Gasteiger partial charge in [0.1, 0.15) is 11.7 Å². The van der Waals surface area contributed by atoms with E-state index in [1.54, 1.807) is 37.4 Å². The van der Waals surface area contributed by atoms with E-state index < -0.39 is 17.7 Å². The molecule has 0 fully saturated rings. The second-order valence-corrected chi connectivity index (χ2v) is 5.46. The van der Waals surface area contributed by atoms with Gasteiger partial charge in [0, 0.05) is 10.7 Å². The molecule has 1 atom stereocenters. The van der Waals surface area contributed by atoms with Crippen molar-refractivity contribution in [3.8, 4) is 0 Å². The van der Waals surface area contributed by atoms with E-state index in [2.05, 4.69) is 20.9 Å². The van der Waals surface area contributed by atoms with Crippen molar-refractivity contribution in [2.75, 3.05) is 0 Å². The number of carboxylic acids is 1. The number of aryl methyl sites for hydroxylation is 1. The molecule has 0 aliphatic heterocycles. The topological polar surface area (TPSA) is 50.2 Å². The van der Waals surface area contributed by atoms with E-state index in [0.29, 0.717) is 11.3 Å². The van der Waals surface area contributed by atoms with Gasteiger partial charge in [-0.25, -0.2) is 4.39 Å². The second-order valence-electron chi connectivity index (χ2n) is 4.54. The van der Waals surface area contributed by atoms with Crippen LogP contribution < -0.4 is 0 Å². The summed E-state index contributed by atoms with van der Waals surface area (Å²) in [5, 5.41) is 9.40. The zero-order valence-electron chi connectivity index (χ0n) is 10.8. The average molecular weight is 338 g/mol. The highest BCUT2D eigenvalue weighted by Gasteiger charge is 2.24. The molecule has 1 N–H and O–H groups in total. The summed E-state index contributed by atoms with van der Waals surface area (Å²) in [6, 6.07) is 8.01. The van der Waals surface area contributed by atoms with Crippen LogP contribution in [0.3, 0.4) is 0 Å². The molecule has 0 spiro atoms. The summed E-state index contributed by atoms with van der Waals surface area (Å²) in [7, 11) is 0. The summed E-state index contributed by atoms with van der Waals surface area (Å²) >= 11 is 3.29. The number of halogens is 2. The maximum atomic E-state index is 13.7. The highest BCUT2D eigenvalue weighted by Crippen LogP contribution is 2.25. The molecule has 0 amide bonds. The van der Waals surface area contributed by atoms with Crippen molar-refractivity contribution in [3.63, 3.8) is 0 Å². The molecule has 104 valence electrons. The Morgan fingerprint density at radius 3 is 2.75 bits per heavy atom. The van der Waals surface area contributed by atoms with Crippen molar-refractivity contribution in [2.24, 2.45) is 0 Å². The lowest BCUT2D eigenvalue weighted by molar-refractivity contribution is -0.138.